The first-order valence-electron chi connectivity index (χ1n) is 5.13. The van der Waals surface area contributed by atoms with Crippen molar-refractivity contribution in [1.82, 2.24) is 10.3 Å². The highest BCUT2D eigenvalue weighted by atomic mass is 16.7. The molecule has 0 aliphatic rings. The number of methoxy groups -OCH3 is 2. The third-order valence-corrected chi connectivity index (χ3v) is 2.28. The number of hydrogen-bond donors (Lipinski definition) is 2. The third kappa shape index (κ3) is 3.69. The summed E-state index contributed by atoms with van der Waals surface area (Å²) in [5.41, 5.74) is 0.128. The van der Waals surface area contributed by atoms with Crippen molar-refractivity contribution in [2.45, 2.75) is 19.3 Å². The van der Waals surface area contributed by atoms with Crippen LogP contribution in [0.5, 0.6) is 0 Å². The van der Waals surface area contributed by atoms with Gasteiger partial charge in [0.25, 0.3) is 5.91 Å². The fourth-order valence-corrected chi connectivity index (χ4v) is 1.41. The van der Waals surface area contributed by atoms with Gasteiger partial charge in [0.15, 0.2) is 6.29 Å². The molecule has 2 N–H and O–H groups in total. The van der Waals surface area contributed by atoms with E-state index in [4.69, 9.17) is 9.47 Å². The molecule has 6 nitrogen and oxygen atoms in total. The van der Waals surface area contributed by atoms with Gasteiger partial charge < -0.3 is 19.8 Å². The predicted molar refractivity (Wildman–Crippen MR) is 61.8 cm³/mol. The molecule has 0 spiro atoms. The molecule has 0 bridgehead atoms. The SMILES string of the molecule is COC(OC)C(C)NC(=O)c1ccc(=O)[nH]c1. The van der Waals surface area contributed by atoms with Crippen LogP contribution in [-0.2, 0) is 9.47 Å². The van der Waals surface area contributed by atoms with Crippen LogP contribution < -0.4 is 10.9 Å². The molecule has 0 saturated carbocycles. The number of rotatable bonds is 5. The van der Waals surface area contributed by atoms with Gasteiger partial charge in [0.05, 0.1) is 11.6 Å². The maximum absolute atomic E-state index is 11.8. The van der Waals surface area contributed by atoms with Crippen LogP contribution in [0.4, 0.5) is 0 Å². The zero-order valence-corrected chi connectivity index (χ0v) is 10.0. The second-order valence-electron chi connectivity index (χ2n) is 3.54. The number of aromatic amines is 1. The van der Waals surface area contributed by atoms with Gasteiger partial charge in [-0.25, -0.2) is 0 Å². The van der Waals surface area contributed by atoms with Gasteiger partial charge in [-0.05, 0) is 13.0 Å². The van der Waals surface area contributed by atoms with E-state index in [0.717, 1.165) is 0 Å². The predicted octanol–water partition coefficient (Wildman–Crippen LogP) is 0.112. The highest BCUT2D eigenvalue weighted by Gasteiger charge is 2.18. The Morgan fingerprint density at radius 2 is 2.00 bits per heavy atom. The summed E-state index contributed by atoms with van der Waals surface area (Å²) in [6.45, 7) is 1.77. The lowest BCUT2D eigenvalue weighted by atomic mass is 10.2. The van der Waals surface area contributed by atoms with E-state index in [2.05, 4.69) is 10.3 Å². The lowest BCUT2D eigenvalue weighted by molar-refractivity contribution is -0.117. The van der Waals surface area contributed by atoms with Crippen molar-refractivity contribution in [1.29, 1.82) is 0 Å². The second-order valence-corrected chi connectivity index (χ2v) is 3.54. The molecule has 1 heterocycles. The summed E-state index contributed by atoms with van der Waals surface area (Å²) >= 11 is 0. The Balaban J connectivity index is 2.66. The summed E-state index contributed by atoms with van der Waals surface area (Å²) in [7, 11) is 2.99. The van der Waals surface area contributed by atoms with Crippen LogP contribution in [0.15, 0.2) is 23.1 Å². The van der Waals surface area contributed by atoms with E-state index in [-0.39, 0.29) is 17.5 Å². The van der Waals surface area contributed by atoms with E-state index in [1.807, 2.05) is 0 Å². The fraction of sp³-hybridized carbons (Fsp3) is 0.455. The van der Waals surface area contributed by atoms with E-state index in [9.17, 15) is 9.59 Å². The van der Waals surface area contributed by atoms with Crippen molar-refractivity contribution in [3.8, 4) is 0 Å². The molecule has 1 aromatic rings. The Hall–Kier alpha value is -1.66. The van der Waals surface area contributed by atoms with Crippen molar-refractivity contribution in [2.75, 3.05) is 14.2 Å². The fourth-order valence-electron chi connectivity index (χ4n) is 1.41. The molecule has 0 aliphatic heterocycles. The Morgan fingerprint density at radius 3 is 2.47 bits per heavy atom. The van der Waals surface area contributed by atoms with Crippen LogP contribution in [0.25, 0.3) is 0 Å². The number of nitrogens with one attached hydrogen (secondary N) is 2. The monoisotopic (exact) mass is 240 g/mol. The van der Waals surface area contributed by atoms with Crippen molar-refractivity contribution < 1.29 is 14.3 Å². The van der Waals surface area contributed by atoms with Crippen LogP contribution in [0.3, 0.4) is 0 Å². The number of H-pyrrole nitrogens is 1. The molecule has 0 radical (unpaired) electrons. The molecule has 1 rings (SSSR count). The molecule has 6 heteroatoms. The van der Waals surface area contributed by atoms with Gasteiger partial charge in [0, 0.05) is 26.5 Å². The lowest BCUT2D eigenvalue weighted by Crippen LogP contribution is -2.43. The highest BCUT2D eigenvalue weighted by molar-refractivity contribution is 5.93. The first-order chi connectivity index (χ1) is 8.08. The average molecular weight is 240 g/mol. The number of ether oxygens (including phenoxy) is 2. The topological polar surface area (TPSA) is 80.4 Å². The third-order valence-electron chi connectivity index (χ3n) is 2.28. The number of pyridine rings is 1. The Morgan fingerprint density at radius 1 is 1.35 bits per heavy atom. The van der Waals surface area contributed by atoms with Crippen LogP contribution >= 0.6 is 0 Å². The molecule has 0 fully saturated rings. The van der Waals surface area contributed by atoms with Crippen molar-refractivity contribution >= 4 is 5.91 Å². The number of hydrogen-bond acceptors (Lipinski definition) is 4. The molecule has 0 saturated heterocycles. The maximum Gasteiger partial charge on any atom is 0.253 e. The average Bonchev–Trinajstić information content (AvgIpc) is 2.31. The maximum atomic E-state index is 11.8. The lowest BCUT2D eigenvalue weighted by Gasteiger charge is -2.21. The zero-order chi connectivity index (χ0) is 12.8. The minimum Gasteiger partial charge on any atom is -0.354 e. The normalized spacial score (nSPS) is 12.5. The first kappa shape index (κ1) is 13.4. The van der Waals surface area contributed by atoms with Crippen LogP contribution in [0.1, 0.15) is 17.3 Å². The largest absolute Gasteiger partial charge is 0.354 e. The van der Waals surface area contributed by atoms with Gasteiger partial charge in [-0.15, -0.1) is 0 Å². The van der Waals surface area contributed by atoms with Gasteiger partial charge in [0.2, 0.25) is 5.56 Å². The van der Waals surface area contributed by atoms with Crippen LogP contribution in [0.2, 0.25) is 0 Å². The van der Waals surface area contributed by atoms with Crippen molar-refractivity contribution in [2.24, 2.45) is 0 Å². The minimum atomic E-state index is -0.512. The Kier molecular flexibility index (Phi) is 4.86. The molecule has 1 atom stereocenters. The summed E-state index contributed by atoms with van der Waals surface area (Å²) in [6, 6.07) is 2.45. The van der Waals surface area contributed by atoms with E-state index >= 15 is 0 Å². The summed E-state index contributed by atoms with van der Waals surface area (Å²) in [4.78, 5) is 25.0. The standard InChI is InChI=1S/C11H16N2O4/c1-7(11(16-2)17-3)13-10(15)8-4-5-9(14)12-6-8/h4-7,11H,1-3H3,(H,12,14)(H,13,15). The zero-order valence-electron chi connectivity index (χ0n) is 10.0. The van der Waals surface area contributed by atoms with Crippen LogP contribution in [0, 0.1) is 0 Å². The number of amides is 1. The van der Waals surface area contributed by atoms with Gasteiger partial charge in [0.1, 0.15) is 0 Å². The van der Waals surface area contributed by atoms with E-state index in [0.29, 0.717) is 5.56 Å². The second kappa shape index (κ2) is 6.17. The molecule has 17 heavy (non-hydrogen) atoms. The molecule has 1 unspecified atom stereocenters. The molecular formula is C11H16N2O4. The molecule has 1 amide bonds. The Labute approximate surface area is 98.9 Å². The number of carbonyl (C=O) groups is 1. The minimum absolute atomic E-state index is 0.249. The molecule has 94 valence electrons. The highest BCUT2D eigenvalue weighted by Crippen LogP contribution is 2.01. The molecule has 0 aliphatic carbocycles. The summed E-state index contributed by atoms with van der Waals surface area (Å²) < 4.78 is 10.0. The summed E-state index contributed by atoms with van der Waals surface area (Å²) in [6.07, 6.45) is 0.848. The smallest absolute Gasteiger partial charge is 0.253 e. The molecular weight excluding hydrogens is 224 g/mol. The molecule has 0 aromatic carbocycles. The van der Waals surface area contributed by atoms with Gasteiger partial charge >= 0.3 is 0 Å². The quantitative estimate of drug-likeness (QED) is 0.716. The summed E-state index contributed by atoms with van der Waals surface area (Å²) in [5, 5.41) is 2.71. The van der Waals surface area contributed by atoms with Crippen molar-refractivity contribution in [3.63, 3.8) is 0 Å². The first-order valence-corrected chi connectivity index (χ1v) is 5.13. The van der Waals surface area contributed by atoms with Crippen molar-refractivity contribution in [3.05, 3.63) is 34.2 Å². The number of aromatic nitrogens is 1. The van der Waals surface area contributed by atoms with E-state index in [1.165, 1.54) is 32.5 Å². The van der Waals surface area contributed by atoms with Crippen LogP contribution in [-0.4, -0.2) is 37.4 Å². The van der Waals surface area contributed by atoms with E-state index < -0.39 is 6.29 Å². The van der Waals surface area contributed by atoms with Gasteiger partial charge in [-0.1, -0.05) is 0 Å². The summed E-state index contributed by atoms with van der Waals surface area (Å²) in [5.74, 6) is -0.298. The van der Waals surface area contributed by atoms with E-state index in [1.54, 1.807) is 6.92 Å². The van der Waals surface area contributed by atoms with Gasteiger partial charge in [-0.3, -0.25) is 9.59 Å². The Bertz CT molecular complexity index is 405. The molecule has 1 aromatic heterocycles. The van der Waals surface area contributed by atoms with Gasteiger partial charge in [-0.2, -0.15) is 0 Å². The number of carbonyl (C=O) groups excluding carboxylic acids is 1.